The standard InChI is InChI=1S/C18H21FN2O3/c1-12(11-22)20-18(23)21-13(2)14-8-9-17(16(19)10-14)24-15-6-4-3-5-7-15/h3-10,12-13,22H,11H2,1-2H3,(H2,20,21,23). The number of ether oxygens (including phenoxy) is 1. The van der Waals surface area contributed by atoms with Crippen molar-refractivity contribution in [2.75, 3.05) is 6.61 Å². The quantitative estimate of drug-likeness (QED) is 0.760. The number of hydrogen-bond donors (Lipinski definition) is 3. The lowest BCUT2D eigenvalue weighted by atomic mass is 10.1. The van der Waals surface area contributed by atoms with Gasteiger partial charge in [0.2, 0.25) is 0 Å². The zero-order valence-corrected chi connectivity index (χ0v) is 13.6. The molecule has 0 saturated carbocycles. The summed E-state index contributed by atoms with van der Waals surface area (Å²) in [4.78, 5) is 11.7. The van der Waals surface area contributed by atoms with Crippen LogP contribution >= 0.6 is 0 Å². The number of aliphatic hydroxyl groups excluding tert-OH is 1. The highest BCUT2D eigenvalue weighted by Gasteiger charge is 2.14. The Bertz CT molecular complexity index is 679. The average molecular weight is 332 g/mol. The summed E-state index contributed by atoms with van der Waals surface area (Å²) in [6.45, 7) is 3.28. The van der Waals surface area contributed by atoms with Crippen LogP contribution in [-0.2, 0) is 0 Å². The predicted molar refractivity (Wildman–Crippen MR) is 89.5 cm³/mol. The molecule has 24 heavy (non-hydrogen) atoms. The van der Waals surface area contributed by atoms with Gasteiger partial charge in [-0.2, -0.15) is 0 Å². The number of rotatable bonds is 6. The molecule has 128 valence electrons. The Morgan fingerprint density at radius 2 is 1.88 bits per heavy atom. The number of para-hydroxylation sites is 1. The topological polar surface area (TPSA) is 70.6 Å². The van der Waals surface area contributed by atoms with E-state index in [1.807, 2.05) is 6.07 Å². The number of aliphatic hydroxyl groups is 1. The molecular weight excluding hydrogens is 311 g/mol. The Labute approximate surface area is 140 Å². The van der Waals surface area contributed by atoms with Gasteiger partial charge in [-0.15, -0.1) is 0 Å². The number of hydrogen-bond acceptors (Lipinski definition) is 3. The molecule has 6 heteroatoms. The predicted octanol–water partition coefficient (Wildman–Crippen LogP) is 3.36. The van der Waals surface area contributed by atoms with Gasteiger partial charge in [-0.1, -0.05) is 24.3 Å². The fourth-order valence-corrected chi connectivity index (χ4v) is 2.08. The molecule has 0 aliphatic heterocycles. The van der Waals surface area contributed by atoms with Crippen LogP contribution in [0.2, 0.25) is 0 Å². The molecule has 2 amide bonds. The monoisotopic (exact) mass is 332 g/mol. The number of nitrogens with one attached hydrogen (secondary N) is 2. The summed E-state index contributed by atoms with van der Waals surface area (Å²) in [7, 11) is 0. The van der Waals surface area contributed by atoms with Gasteiger partial charge in [0.05, 0.1) is 18.7 Å². The minimum absolute atomic E-state index is 0.121. The van der Waals surface area contributed by atoms with Crippen LogP contribution in [-0.4, -0.2) is 23.8 Å². The van der Waals surface area contributed by atoms with E-state index in [0.717, 1.165) is 0 Å². The van der Waals surface area contributed by atoms with Crippen LogP contribution in [0, 0.1) is 5.82 Å². The van der Waals surface area contributed by atoms with Crippen LogP contribution in [0.5, 0.6) is 11.5 Å². The minimum atomic E-state index is -0.505. The average Bonchev–Trinajstić information content (AvgIpc) is 2.57. The van der Waals surface area contributed by atoms with Crippen LogP contribution in [0.15, 0.2) is 48.5 Å². The molecule has 3 N–H and O–H groups in total. The molecular formula is C18H21FN2O3. The SMILES string of the molecule is CC(CO)NC(=O)NC(C)c1ccc(Oc2ccccc2)c(F)c1. The van der Waals surface area contributed by atoms with Crippen molar-refractivity contribution in [3.63, 3.8) is 0 Å². The summed E-state index contributed by atoms with van der Waals surface area (Å²) in [6.07, 6.45) is 0. The van der Waals surface area contributed by atoms with Gasteiger partial charge in [0, 0.05) is 0 Å². The van der Waals surface area contributed by atoms with Crippen molar-refractivity contribution in [3.8, 4) is 11.5 Å². The van der Waals surface area contributed by atoms with E-state index in [9.17, 15) is 9.18 Å². The largest absolute Gasteiger partial charge is 0.454 e. The first-order valence-corrected chi connectivity index (χ1v) is 7.70. The van der Waals surface area contributed by atoms with Gasteiger partial charge in [0.25, 0.3) is 0 Å². The molecule has 0 aromatic heterocycles. The van der Waals surface area contributed by atoms with E-state index >= 15 is 0 Å². The maximum absolute atomic E-state index is 14.2. The van der Waals surface area contributed by atoms with Gasteiger partial charge >= 0.3 is 6.03 Å². The second-order valence-corrected chi connectivity index (χ2v) is 5.53. The molecule has 2 rings (SSSR count). The maximum atomic E-state index is 14.2. The molecule has 0 fully saturated rings. The number of amides is 2. The highest BCUT2D eigenvalue weighted by atomic mass is 19.1. The molecule has 0 aliphatic carbocycles. The van der Waals surface area contributed by atoms with Gasteiger partial charge in [-0.3, -0.25) is 0 Å². The third kappa shape index (κ3) is 4.96. The number of halogens is 1. The molecule has 0 saturated heterocycles. The highest BCUT2D eigenvalue weighted by molar-refractivity contribution is 5.74. The number of urea groups is 1. The van der Waals surface area contributed by atoms with Crippen LogP contribution < -0.4 is 15.4 Å². The van der Waals surface area contributed by atoms with E-state index in [1.165, 1.54) is 12.1 Å². The van der Waals surface area contributed by atoms with Crippen molar-refractivity contribution < 1.29 is 19.0 Å². The number of benzene rings is 2. The van der Waals surface area contributed by atoms with Crippen molar-refractivity contribution >= 4 is 6.03 Å². The number of carbonyl (C=O) groups excluding carboxylic acids is 1. The summed E-state index contributed by atoms with van der Waals surface area (Å²) in [5, 5.41) is 14.2. The fourth-order valence-electron chi connectivity index (χ4n) is 2.08. The van der Waals surface area contributed by atoms with Crippen molar-refractivity contribution in [2.45, 2.75) is 25.9 Å². The zero-order chi connectivity index (χ0) is 17.5. The molecule has 2 atom stereocenters. The first kappa shape index (κ1) is 17.7. The Kier molecular flexibility index (Phi) is 6.14. The molecule has 0 bridgehead atoms. The second kappa shape index (κ2) is 8.31. The Balaban J connectivity index is 2.02. The van der Waals surface area contributed by atoms with Gasteiger partial charge in [0.1, 0.15) is 5.75 Å². The van der Waals surface area contributed by atoms with E-state index in [-0.39, 0.29) is 18.4 Å². The van der Waals surface area contributed by atoms with E-state index < -0.39 is 17.9 Å². The normalized spacial score (nSPS) is 13.0. The van der Waals surface area contributed by atoms with Crippen molar-refractivity contribution in [3.05, 3.63) is 59.9 Å². The van der Waals surface area contributed by atoms with Crippen LogP contribution in [0.3, 0.4) is 0 Å². The molecule has 0 heterocycles. The van der Waals surface area contributed by atoms with Gasteiger partial charge < -0.3 is 20.5 Å². The third-order valence-electron chi connectivity index (χ3n) is 3.43. The van der Waals surface area contributed by atoms with Gasteiger partial charge in [-0.05, 0) is 43.7 Å². The summed E-state index contributed by atoms with van der Waals surface area (Å²) in [5.74, 6) is 0.164. The third-order valence-corrected chi connectivity index (χ3v) is 3.43. The summed E-state index contributed by atoms with van der Waals surface area (Å²) in [5.41, 5.74) is 0.611. The lowest BCUT2D eigenvalue weighted by Gasteiger charge is -2.18. The maximum Gasteiger partial charge on any atom is 0.315 e. The fraction of sp³-hybridized carbons (Fsp3) is 0.278. The molecule has 2 aromatic rings. The molecule has 2 unspecified atom stereocenters. The van der Waals surface area contributed by atoms with Crippen LogP contribution in [0.4, 0.5) is 9.18 Å². The van der Waals surface area contributed by atoms with Crippen molar-refractivity contribution in [2.24, 2.45) is 0 Å². The van der Waals surface area contributed by atoms with E-state index in [4.69, 9.17) is 9.84 Å². The van der Waals surface area contributed by atoms with Crippen LogP contribution in [0.25, 0.3) is 0 Å². The molecule has 0 spiro atoms. The lowest BCUT2D eigenvalue weighted by molar-refractivity contribution is 0.218. The molecule has 0 aliphatic rings. The molecule has 0 radical (unpaired) electrons. The van der Waals surface area contributed by atoms with Gasteiger partial charge in [0.15, 0.2) is 11.6 Å². The van der Waals surface area contributed by atoms with E-state index in [0.29, 0.717) is 11.3 Å². The summed E-state index contributed by atoms with van der Waals surface area (Å²) in [6, 6.07) is 12.3. The Morgan fingerprint density at radius 3 is 2.50 bits per heavy atom. The van der Waals surface area contributed by atoms with Crippen molar-refractivity contribution in [1.29, 1.82) is 0 Å². The Hall–Kier alpha value is -2.60. The molecule has 5 nitrogen and oxygen atoms in total. The van der Waals surface area contributed by atoms with Gasteiger partial charge in [-0.25, -0.2) is 9.18 Å². The van der Waals surface area contributed by atoms with E-state index in [1.54, 1.807) is 44.2 Å². The smallest absolute Gasteiger partial charge is 0.315 e. The zero-order valence-electron chi connectivity index (χ0n) is 13.6. The second-order valence-electron chi connectivity index (χ2n) is 5.53. The Morgan fingerprint density at radius 1 is 1.17 bits per heavy atom. The summed E-state index contributed by atoms with van der Waals surface area (Å²) < 4.78 is 19.7. The minimum Gasteiger partial charge on any atom is -0.454 e. The first-order valence-electron chi connectivity index (χ1n) is 7.70. The highest BCUT2D eigenvalue weighted by Crippen LogP contribution is 2.26. The first-order chi connectivity index (χ1) is 11.5. The van der Waals surface area contributed by atoms with E-state index in [2.05, 4.69) is 10.6 Å². The summed E-state index contributed by atoms with van der Waals surface area (Å²) >= 11 is 0. The van der Waals surface area contributed by atoms with Crippen LogP contribution in [0.1, 0.15) is 25.5 Å². The van der Waals surface area contributed by atoms with Crippen molar-refractivity contribution in [1.82, 2.24) is 10.6 Å². The molecule has 2 aromatic carbocycles. The lowest BCUT2D eigenvalue weighted by Crippen LogP contribution is -2.43. The number of carbonyl (C=O) groups is 1.